The van der Waals surface area contributed by atoms with E-state index in [9.17, 15) is 0 Å². The number of fused-ring (bicyclic) bond motifs is 9. The Morgan fingerprint density at radius 2 is 0.604 bits per heavy atom. The molecule has 0 atom stereocenters. The normalized spacial score (nSPS) is 13.9. The maximum Gasteiger partial charge on any atom is 0.524 e. The molecule has 0 unspecified atom stereocenters. The summed E-state index contributed by atoms with van der Waals surface area (Å²) in [7, 11) is -7.34. The molecule has 6 aromatic heterocycles. The Hall–Kier alpha value is -14.7. The van der Waals surface area contributed by atoms with Crippen molar-refractivity contribution in [1.82, 2.24) is 28.7 Å². The molecule has 18 nitrogen and oxygen atoms in total. The molecule has 6 aliphatic rings. The van der Waals surface area contributed by atoms with E-state index in [1.807, 2.05) is 128 Å². The number of benzene rings is 15. The number of ether oxygens (including phenoxy) is 3. The first-order chi connectivity index (χ1) is 70.9. The largest absolute Gasteiger partial charge is 0.535 e. The van der Waals surface area contributed by atoms with E-state index >= 15 is 0 Å². The predicted molar refractivity (Wildman–Crippen MR) is 588 cm³/mol. The molecule has 149 heavy (non-hydrogen) atoms. The number of imidazole rings is 3. The van der Waals surface area contributed by atoms with Crippen LogP contribution in [0.4, 0.5) is 34.5 Å². The Morgan fingerprint density at radius 3 is 0.966 bits per heavy atom. The van der Waals surface area contributed by atoms with Gasteiger partial charge in [0.05, 0.1) is 50.2 Å². The molecule has 0 amide bonds. The summed E-state index contributed by atoms with van der Waals surface area (Å²) >= 11 is 0. The van der Waals surface area contributed by atoms with Crippen molar-refractivity contribution in [2.45, 2.75) is 93.2 Å². The second-order valence-electron chi connectivity index (χ2n) is 40.5. The minimum atomic E-state index is -2.08. The van der Waals surface area contributed by atoms with Crippen LogP contribution in [-0.4, -0.2) is 74.0 Å². The summed E-state index contributed by atoms with van der Waals surface area (Å²) in [6.45, 7) is 29.6. The van der Waals surface area contributed by atoms with Gasteiger partial charge in [0.1, 0.15) is 17.2 Å². The third-order valence-electron chi connectivity index (χ3n) is 29.1. The third kappa shape index (κ3) is 17.2. The van der Waals surface area contributed by atoms with Crippen molar-refractivity contribution in [2.24, 2.45) is 0 Å². The monoisotopic (exact) mass is 2530 g/mol. The van der Waals surface area contributed by atoms with Crippen LogP contribution in [0.5, 0.6) is 51.7 Å². The van der Waals surface area contributed by atoms with Gasteiger partial charge in [0.15, 0.2) is 17.5 Å². The maximum absolute atomic E-state index is 6.78. The van der Waals surface area contributed by atoms with Gasteiger partial charge in [-0.2, -0.15) is 30.3 Å². The van der Waals surface area contributed by atoms with Gasteiger partial charge in [-0.3, -0.25) is 13.7 Å². The number of aromatic nitrogens is 9. The second-order valence-corrected chi connectivity index (χ2v) is 53.4. The summed E-state index contributed by atoms with van der Waals surface area (Å²) in [6.07, 6.45) is 16.4. The van der Waals surface area contributed by atoms with Gasteiger partial charge in [-0.25, -0.2) is 15.0 Å². The van der Waals surface area contributed by atoms with Gasteiger partial charge in [-0.1, -0.05) is 291 Å². The van der Waals surface area contributed by atoms with Crippen LogP contribution in [0, 0.1) is 83.1 Å². The zero-order chi connectivity index (χ0) is 99.3. The number of para-hydroxylation sites is 6. The minimum Gasteiger partial charge on any atom is -0.535 e. The van der Waals surface area contributed by atoms with Crippen LogP contribution in [0.25, 0.3) is 67.2 Å². The molecular weight excluding hydrogens is 2430 g/mol. The fourth-order valence-electron chi connectivity index (χ4n) is 21.8. The topological polar surface area (TPSA) is 130 Å². The number of hydrogen-bond acceptors (Lipinski definition) is 12. The van der Waals surface area contributed by atoms with Gasteiger partial charge in [0.2, 0.25) is 0 Å². The van der Waals surface area contributed by atoms with E-state index in [-0.39, 0.29) is 82.7 Å². The molecular formula is C122H97B3N12O6Pt3Si3-6. The van der Waals surface area contributed by atoms with Crippen LogP contribution in [0.1, 0.15) is 48.6 Å². The number of rotatable bonds is 15. The number of hydrogen-bond donors (Lipinski definition) is 0. The van der Waals surface area contributed by atoms with Crippen LogP contribution < -0.4 is 104 Å². The van der Waals surface area contributed by atoms with Crippen LogP contribution >= 0.6 is 0 Å². The first-order valence-electron chi connectivity index (χ1n) is 49.4. The van der Waals surface area contributed by atoms with Gasteiger partial charge in [0, 0.05) is 141 Å². The molecule has 6 aliphatic heterocycles. The van der Waals surface area contributed by atoms with Crippen molar-refractivity contribution in [1.29, 1.82) is 0 Å². The van der Waals surface area contributed by atoms with E-state index in [0.717, 1.165) is 147 Å². The smallest absolute Gasteiger partial charge is 0.524 e. The molecule has 12 heterocycles. The van der Waals surface area contributed by atoms with Crippen molar-refractivity contribution in [2.75, 3.05) is 14.4 Å². The number of pyridine rings is 3. The molecule has 0 bridgehead atoms. The van der Waals surface area contributed by atoms with Gasteiger partial charge < -0.3 is 56.3 Å². The standard InChI is InChI=1S/C44H39BN4O2Si.C40H31BN4O2Si.C38H27BN4O2Si.3Pt/c1-29-14-11-15-30(2)41(29)45-49(43-38(51-45)19-13-23-46-43)33-24-31(44(3,4)5)25-35(26-33)50-34-21-22-39-37(27-34)48-28-47(32-16-9-8-10-17-32)36-18-12-20-40(42(36)48)52(39,6)7;1-27-12-8-13-28(2)38(27)41-45(40-35(47-41)19-11-23-42-40)30-16-9-17-31(24-30)46-32-21-22-36-34(25-32)44-26-43(29-14-6-5-7-15-29)33-18-10-20-37(39(33)44)48(36,3)4;1-46(2)35-22-21-31(25-33(35)42-26-41(28-14-7-4-8-15-28)32-18-10-20-36(46)37(32)42)44-30-17-9-16-29(24-30)43-38-34(19-11-23-40-38)45-39(43)27-12-5-3-6-13-27;;;/h8-25H,1-7H3;5-23H,1-4H3;3-23H,1-2H3;;;/q3*-2;;;. The zero-order valence-electron chi connectivity index (χ0n) is 84.0. The molecule has 0 radical (unpaired) electrons. The summed E-state index contributed by atoms with van der Waals surface area (Å²) in [5.41, 5.74) is 24.4. The van der Waals surface area contributed by atoms with Crippen molar-refractivity contribution in [3.8, 4) is 85.9 Å². The van der Waals surface area contributed by atoms with Gasteiger partial charge in [-0.05, 0) is 139 Å². The van der Waals surface area contributed by atoms with Crippen molar-refractivity contribution < 1.29 is 105 Å². The Morgan fingerprint density at radius 1 is 0.295 bits per heavy atom. The average molecular weight is 2530 g/mol. The van der Waals surface area contributed by atoms with Crippen molar-refractivity contribution >= 4 is 160 Å². The van der Waals surface area contributed by atoms with Crippen LogP contribution in [0.15, 0.2) is 352 Å². The van der Waals surface area contributed by atoms with Gasteiger partial charge >= 0.3 is 21.2 Å². The molecule has 0 N–H and O–H groups in total. The number of anilines is 6. The van der Waals surface area contributed by atoms with E-state index in [1.54, 1.807) is 12.4 Å². The SMILES string of the molecule is C[Si]1(C)c2ccc(Oc3[c-]c(N4B(c5ccccc5)Oc5cccnc54)ccc3)[c-]c2-n2[c-][n+](-c3ccccc3)c3cccc1c32.Cc1cccc(C)c1B1Oc2cccnc2N1c1[c-]c(Oc2[c-]c3c(cc2)[Si](C)(C)c2cccc4c2n-3[c-][n+]4-c2ccccc2)cc(C(C)(C)C)c1.Cc1cccc(C)c1B1Oc2cccnc2N1c1[c-]c(Oc2[c-]c3c(cc2)[Si](C)(C)c2cccc4c2n-3[c-][n+]4-c2ccccc2)ccc1.[Pt].[Pt].[Pt]. The minimum absolute atomic E-state index is 0. The first-order valence-corrected chi connectivity index (χ1v) is 58.4. The molecule has 21 aromatic rings. The molecule has 0 fully saturated rings. The van der Waals surface area contributed by atoms with E-state index in [0.29, 0.717) is 34.5 Å². The van der Waals surface area contributed by atoms with E-state index in [2.05, 4.69) is 402 Å². The summed E-state index contributed by atoms with van der Waals surface area (Å²) in [5.74, 6) is 8.10. The molecule has 0 saturated heterocycles. The maximum atomic E-state index is 6.78. The molecule has 0 aliphatic carbocycles. The van der Waals surface area contributed by atoms with Crippen molar-refractivity contribution in [3.05, 3.63) is 435 Å². The molecule has 27 heteroatoms. The molecule has 15 aromatic carbocycles. The predicted octanol–water partition coefficient (Wildman–Crippen LogP) is 19.2. The average Bonchev–Trinajstić information content (AvgIpc) is 1.58. The van der Waals surface area contributed by atoms with Crippen LogP contribution in [0.2, 0.25) is 39.3 Å². The van der Waals surface area contributed by atoms with E-state index < -0.39 is 31.3 Å². The molecule has 27 rings (SSSR count). The Kier molecular flexibility index (Phi) is 25.9. The first kappa shape index (κ1) is 98.9. The Balaban J connectivity index is 0.000000125. The summed E-state index contributed by atoms with van der Waals surface area (Å²) in [6, 6.07) is 136. The Bertz CT molecular complexity index is 8790. The number of nitrogens with zero attached hydrogens (tertiary/aromatic N) is 12. The van der Waals surface area contributed by atoms with Crippen molar-refractivity contribution in [3.63, 3.8) is 0 Å². The summed E-state index contributed by atoms with van der Waals surface area (Å²) in [5, 5.41) is 8.07. The fourth-order valence-corrected chi connectivity index (χ4v) is 30.5. The number of aryl methyl sites for hydroxylation is 4. The van der Waals surface area contributed by atoms with E-state index in [4.69, 9.17) is 38.1 Å². The summed E-state index contributed by atoms with van der Waals surface area (Å²) in [4.78, 5) is 20.5. The van der Waals surface area contributed by atoms with Gasteiger partial charge in [-0.15, -0.1) is 112 Å². The van der Waals surface area contributed by atoms with E-state index in [1.165, 1.54) is 47.7 Å². The second kappa shape index (κ2) is 39.1. The quantitative estimate of drug-likeness (QED) is 0.0550. The third-order valence-corrected chi connectivity index (χ3v) is 39.6. The van der Waals surface area contributed by atoms with Crippen LogP contribution in [0.3, 0.4) is 0 Å². The van der Waals surface area contributed by atoms with Crippen LogP contribution in [-0.2, 0) is 68.6 Å². The Labute approximate surface area is 915 Å². The summed E-state index contributed by atoms with van der Waals surface area (Å²) < 4.78 is 52.4. The van der Waals surface area contributed by atoms with Gasteiger partial charge in [0.25, 0.3) is 19.0 Å². The zero-order valence-corrected chi connectivity index (χ0v) is 93.8. The molecule has 0 spiro atoms. The molecule has 0 saturated carbocycles. The molecule has 738 valence electrons. The fraction of sp³-hybridized carbons (Fsp3) is 0.115.